The highest BCUT2D eigenvalue weighted by Gasteiger charge is 2.32. The van der Waals surface area contributed by atoms with Crippen LogP contribution in [0.5, 0.6) is 11.5 Å². The van der Waals surface area contributed by atoms with Crippen LogP contribution in [-0.4, -0.2) is 18.8 Å². The average Bonchev–Trinajstić information content (AvgIpc) is 2.47. The largest absolute Gasteiger partial charge is 0.496 e. The van der Waals surface area contributed by atoms with Gasteiger partial charge in [0, 0.05) is 11.1 Å². The van der Waals surface area contributed by atoms with Crippen LogP contribution in [0.3, 0.4) is 0 Å². The third-order valence-corrected chi connectivity index (χ3v) is 3.83. The molecule has 0 unspecified atom stereocenters. The summed E-state index contributed by atoms with van der Waals surface area (Å²) in [4.78, 5) is 0. The Balaban J connectivity index is 1.99. The van der Waals surface area contributed by atoms with Gasteiger partial charge in [0.2, 0.25) is 0 Å². The number of hydrogen-bond acceptors (Lipinski definition) is 3. The van der Waals surface area contributed by atoms with Crippen LogP contribution in [0, 0.1) is 6.92 Å². The van der Waals surface area contributed by atoms with Gasteiger partial charge in [-0.05, 0) is 24.6 Å². The van der Waals surface area contributed by atoms with Crippen molar-refractivity contribution < 1.29 is 14.6 Å². The standard InChI is InChI=1S/C17H18O3/c1-11-7-8-13-16(9-11)20-10-14(17(13)18)12-5-3-4-6-15(12)19-2/h3-9,14,17-18H,10H2,1-2H3/t14-,17+/m0/s1. The maximum atomic E-state index is 10.6. The Labute approximate surface area is 118 Å². The van der Waals surface area contributed by atoms with Gasteiger partial charge in [-0.3, -0.25) is 0 Å². The predicted molar refractivity (Wildman–Crippen MR) is 77.4 cm³/mol. The molecule has 0 saturated carbocycles. The molecule has 2 atom stereocenters. The second-order valence-corrected chi connectivity index (χ2v) is 5.15. The minimum atomic E-state index is -0.573. The van der Waals surface area contributed by atoms with Gasteiger partial charge in [-0.25, -0.2) is 0 Å². The number of aliphatic hydroxyl groups is 1. The Morgan fingerprint density at radius 1 is 1.15 bits per heavy atom. The molecule has 0 spiro atoms. The summed E-state index contributed by atoms with van der Waals surface area (Å²) < 4.78 is 11.2. The summed E-state index contributed by atoms with van der Waals surface area (Å²) in [7, 11) is 1.65. The summed E-state index contributed by atoms with van der Waals surface area (Å²) in [6.45, 7) is 2.47. The quantitative estimate of drug-likeness (QED) is 0.910. The lowest BCUT2D eigenvalue weighted by Crippen LogP contribution is -2.24. The lowest BCUT2D eigenvalue weighted by molar-refractivity contribution is 0.0877. The molecule has 0 radical (unpaired) electrons. The first-order valence-corrected chi connectivity index (χ1v) is 6.75. The van der Waals surface area contributed by atoms with Crippen molar-refractivity contribution in [2.45, 2.75) is 18.9 Å². The van der Waals surface area contributed by atoms with E-state index in [1.807, 2.05) is 49.4 Å². The minimum Gasteiger partial charge on any atom is -0.496 e. The number of rotatable bonds is 2. The van der Waals surface area contributed by atoms with E-state index in [1.54, 1.807) is 7.11 Å². The van der Waals surface area contributed by atoms with Crippen molar-refractivity contribution in [2.24, 2.45) is 0 Å². The maximum Gasteiger partial charge on any atom is 0.125 e. The molecule has 0 fully saturated rings. The molecule has 3 nitrogen and oxygen atoms in total. The topological polar surface area (TPSA) is 38.7 Å². The van der Waals surface area contributed by atoms with Crippen LogP contribution in [0.1, 0.15) is 28.7 Å². The van der Waals surface area contributed by atoms with Crippen molar-refractivity contribution in [1.29, 1.82) is 0 Å². The zero-order valence-corrected chi connectivity index (χ0v) is 11.7. The van der Waals surface area contributed by atoms with E-state index >= 15 is 0 Å². The maximum absolute atomic E-state index is 10.6. The van der Waals surface area contributed by atoms with Crippen molar-refractivity contribution in [3.8, 4) is 11.5 Å². The van der Waals surface area contributed by atoms with Gasteiger partial charge in [0.15, 0.2) is 0 Å². The van der Waals surface area contributed by atoms with Gasteiger partial charge in [-0.1, -0.05) is 30.3 Å². The Hall–Kier alpha value is -2.00. The van der Waals surface area contributed by atoms with Crippen LogP contribution >= 0.6 is 0 Å². The first-order chi connectivity index (χ1) is 9.70. The van der Waals surface area contributed by atoms with E-state index in [-0.39, 0.29) is 5.92 Å². The van der Waals surface area contributed by atoms with Crippen LogP contribution in [0.25, 0.3) is 0 Å². The molecule has 0 bridgehead atoms. The van der Waals surface area contributed by atoms with E-state index in [0.717, 1.165) is 28.2 Å². The second-order valence-electron chi connectivity index (χ2n) is 5.15. The monoisotopic (exact) mass is 270 g/mol. The number of aliphatic hydroxyl groups excluding tert-OH is 1. The van der Waals surface area contributed by atoms with Crippen LogP contribution in [0.4, 0.5) is 0 Å². The van der Waals surface area contributed by atoms with Crippen LogP contribution < -0.4 is 9.47 Å². The molecule has 1 aliphatic heterocycles. The van der Waals surface area contributed by atoms with Gasteiger partial charge in [0.1, 0.15) is 11.5 Å². The SMILES string of the molecule is COc1ccccc1[C@@H]1COc2cc(C)ccc2[C@H]1O. The summed E-state index contributed by atoms with van der Waals surface area (Å²) >= 11 is 0. The van der Waals surface area contributed by atoms with Crippen molar-refractivity contribution in [3.05, 3.63) is 59.2 Å². The lowest BCUT2D eigenvalue weighted by Gasteiger charge is -2.31. The fourth-order valence-electron chi connectivity index (χ4n) is 2.73. The van der Waals surface area contributed by atoms with Gasteiger partial charge in [0.25, 0.3) is 0 Å². The summed E-state index contributed by atoms with van der Waals surface area (Å²) in [6, 6.07) is 13.7. The Morgan fingerprint density at radius 3 is 2.75 bits per heavy atom. The minimum absolute atomic E-state index is 0.110. The lowest BCUT2D eigenvalue weighted by atomic mass is 9.86. The molecule has 1 N–H and O–H groups in total. The van der Waals surface area contributed by atoms with Gasteiger partial charge in [0.05, 0.1) is 25.7 Å². The van der Waals surface area contributed by atoms with E-state index in [4.69, 9.17) is 9.47 Å². The van der Waals surface area contributed by atoms with Crippen molar-refractivity contribution in [2.75, 3.05) is 13.7 Å². The fraction of sp³-hybridized carbons (Fsp3) is 0.294. The molecule has 0 aromatic heterocycles. The number of aryl methyl sites for hydroxylation is 1. The van der Waals surface area contributed by atoms with E-state index in [0.29, 0.717) is 6.61 Å². The highest BCUT2D eigenvalue weighted by atomic mass is 16.5. The molecular weight excluding hydrogens is 252 g/mol. The number of hydrogen-bond donors (Lipinski definition) is 1. The molecule has 1 heterocycles. The molecular formula is C17H18O3. The van der Waals surface area contributed by atoms with Crippen molar-refractivity contribution >= 4 is 0 Å². The Kier molecular flexibility index (Phi) is 3.36. The molecule has 1 aliphatic rings. The van der Waals surface area contributed by atoms with Gasteiger partial charge >= 0.3 is 0 Å². The van der Waals surface area contributed by atoms with Crippen LogP contribution in [-0.2, 0) is 0 Å². The smallest absolute Gasteiger partial charge is 0.125 e. The number of fused-ring (bicyclic) bond motifs is 1. The summed E-state index contributed by atoms with van der Waals surface area (Å²) in [5, 5.41) is 10.6. The first-order valence-electron chi connectivity index (χ1n) is 6.75. The predicted octanol–water partition coefficient (Wildman–Crippen LogP) is 3.21. The summed E-state index contributed by atoms with van der Waals surface area (Å²) in [5.41, 5.74) is 2.96. The third kappa shape index (κ3) is 2.14. The zero-order chi connectivity index (χ0) is 14.1. The molecule has 3 heteroatoms. The fourth-order valence-corrected chi connectivity index (χ4v) is 2.73. The summed E-state index contributed by atoms with van der Waals surface area (Å²) in [6.07, 6.45) is -0.573. The summed E-state index contributed by atoms with van der Waals surface area (Å²) in [5.74, 6) is 1.46. The Morgan fingerprint density at radius 2 is 1.95 bits per heavy atom. The molecule has 2 aromatic rings. The third-order valence-electron chi connectivity index (χ3n) is 3.83. The molecule has 104 valence electrons. The molecule has 20 heavy (non-hydrogen) atoms. The van der Waals surface area contributed by atoms with E-state index in [1.165, 1.54) is 0 Å². The first kappa shape index (κ1) is 13.0. The van der Waals surface area contributed by atoms with Crippen molar-refractivity contribution in [3.63, 3.8) is 0 Å². The van der Waals surface area contributed by atoms with Gasteiger partial charge in [-0.2, -0.15) is 0 Å². The van der Waals surface area contributed by atoms with Gasteiger partial charge in [-0.15, -0.1) is 0 Å². The van der Waals surface area contributed by atoms with E-state index < -0.39 is 6.10 Å². The number of methoxy groups -OCH3 is 1. The normalized spacial score (nSPS) is 20.9. The van der Waals surface area contributed by atoms with Crippen molar-refractivity contribution in [1.82, 2.24) is 0 Å². The molecule has 0 saturated heterocycles. The van der Waals surface area contributed by atoms with Crippen LogP contribution in [0.15, 0.2) is 42.5 Å². The molecule has 3 rings (SSSR count). The van der Waals surface area contributed by atoms with E-state index in [9.17, 15) is 5.11 Å². The second kappa shape index (κ2) is 5.17. The highest BCUT2D eigenvalue weighted by molar-refractivity contribution is 5.45. The molecule has 0 aliphatic carbocycles. The number of para-hydroxylation sites is 1. The van der Waals surface area contributed by atoms with E-state index in [2.05, 4.69) is 0 Å². The molecule has 2 aromatic carbocycles. The average molecular weight is 270 g/mol. The Bertz CT molecular complexity index is 621. The zero-order valence-electron chi connectivity index (χ0n) is 11.7. The number of benzene rings is 2. The number of ether oxygens (including phenoxy) is 2. The highest BCUT2D eigenvalue weighted by Crippen LogP contribution is 2.43. The van der Waals surface area contributed by atoms with Crippen LogP contribution in [0.2, 0.25) is 0 Å². The van der Waals surface area contributed by atoms with Gasteiger partial charge < -0.3 is 14.6 Å². The molecule has 0 amide bonds.